The summed E-state index contributed by atoms with van der Waals surface area (Å²) in [4.78, 5) is 0. The molecule has 0 amide bonds. The molecule has 0 aromatic heterocycles. The fourth-order valence-electron chi connectivity index (χ4n) is 3.00. The third-order valence-electron chi connectivity index (χ3n) is 4.84. The molecule has 0 aliphatic heterocycles. The van der Waals surface area contributed by atoms with E-state index in [2.05, 4.69) is 51.2 Å². The van der Waals surface area contributed by atoms with Crippen molar-refractivity contribution in [3.05, 3.63) is 24.3 Å². The monoisotopic (exact) mass is 396 g/mol. The lowest BCUT2D eigenvalue weighted by Crippen LogP contribution is -2.34. The van der Waals surface area contributed by atoms with Crippen molar-refractivity contribution in [2.45, 2.75) is 117 Å². The number of allylic oxidation sites excluding steroid dienone is 2. The lowest BCUT2D eigenvalue weighted by Gasteiger charge is -2.21. The summed E-state index contributed by atoms with van der Waals surface area (Å²) in [5, 5.41) is 0. The average molecular weight is 397 g/mol. The Balaban J connectivity index is 3.51. The molecule has 0 aromatic carbocycles. The van der Waals surface area contributed by atoms with Crippen LogP contribution in [0.15, 0.2) is 24.3 Å². The van der Waals surface area contributed by atoms with Gasteiger partial charge in [0.15, 0.2) is 0 Å². The summed E-state index contributed by atoms with van der Waals surface area (Å²) in [6.07, 6.45) is 27.6. The van der Waals surface area contributed by atoms with Crippen LogP contribution in [0.1, 0.15) is 104 Å². The molecule has 0 aliphatic rings. The van der Waals surface area contributed by atoms with Crippen LogP contribution in [0.5, 0.6) is 0 Å². The van der Waals surface area contributed by atoms with Crippen LogP contribution in [0, 0.1) is 0 Å². The molecule has 0 fully saturated rings. The van der Waals surface area contributed by atoms with E-state index in [1.165, 1.54) is 89.9 Å². The summed E-state index contributed by atoms with van der Waals surface area (Å²) >= 11 is 0. The maximum atomic E-state index is 5.97. The predicted molar refractivity (Wildman–Crippen MR) is 124 cm³/mol. The van der Waals surface area contributed by atoms with E-state index in [1.54, 1.807) is 0 Å². The van der Waals surface area contributed by atoms with Crippen molar-refractivity contribution in [2.75, 3.05) is 13.2 Å². The minimum atomic E-state index is -1.99. The summed E-state index contributed by atoms with van der Waals surface area (Å²) in [7, 11) is -1.99. The quantitative estimate of drug-likeness (QED) is 0.117. The molecule has 0 rings (SSSR count). The SMILES string of the molecule is CCCCCCCC/C=C/CO[Si](C)(C)OC/C=C/CCCCCCCC. The van der Waals surface area contributed by atoms with Gasteiger partial charge in [0, 0.05) is 0 Å². The molecule has 0 aromatic rings. The minimum Gasteiger partial charge on any atom is -0.391 e. The molecule has 0 bridgehead atoms. The van der Waals surface area contributed by atoms with Crippen molar-refractivity contribution in [1.82, 2.24) is 0 Å². The second-order valence-corrected chi connectivity index (χ2v) is 11.5. The van der Waals surface area contributed by atoms with Crippen LogP contribution >= 0.6 is 0 Å². The number of rotatable bonds is 20. The van der Waals surface area contributed by atoms with Crippen molar-refractivity contribution in [3.63, 3.8) is 0 Å². The lowest BCUT2D eigenvalue weighted by atomic mass is 10.1. The van der Waals surface area contributed by atoms with Gasteiger partial charge < -0.3 is 8.85 Å². The zero-order valence-corrected chi connectivity index (χ0v) is 19.9. The Morgan fingerprint density at radius 2 is 0.889 bits per heavy atom. The fraction of sp³-hybridized carbons (Fsp3) is 0.833. The lowest BCUT2D eigenvalue weighted by molar-refractivity contribution is 0.213. The first kappa shape index (κ1) is 26.6. The second kappa shape index (κ2) is 20.4. The molecule has 0 aliphatic carbocycles. The molecule has 0 heterocycles. The Morgan fingerprint density at radius 1 is 0.519 bits per heavy atom. The van der Waals surface area contributed by atoms with Gasteiger partial charge >= 0.3 is 8.56 Å². The Bertz CT molecular complexity index is 318. The van der Waals surface area contributed by atoms with Crippen molar-refractivity contribution in [1.29, 1.82) is 0 Å². The molecule has 0 spiro atoms. The van der Waals surface area contributed by atoms with E-state index >= 15 is 0 Å². The summed E-state index contributed by atoms with van der Waals surface area (Å²) in [5.74, 6) is 0. The fourth-order valence-corrected chi connectivity index (χ4v) is 4.07. The van der Waals surface area contributed by atoms with E-state index in [1.807, 2.05) is 0 Å². The highest BCUT2D eigenvalue weighted by Crippen LogP contribution is 2.10. The van der Waals surface area contributed by atoms with E-state index in [4.69, 9.17) is 8.85 Å². The molecule has 0 saturated heterocycles. The topological polar surface area (TPSA) is 18.5 Å². The van der Waals surface area contributed by atoms with Crippen molar-refractivity contribution in [2.24, 2.45) is 0 Å². The first-order valence-electron chi connectivity index (χ1n) is 11.7. The highest BCUT2D eigenvalue weighted by molar-refractivity contribution is 6.64. The molecule has 0 radical (unpaired) electrons. The maximum Gasteiger partial charge on any atom is 0.332 e. The van der Waals surface area contributed by atoms with Crippen LogP contribution in [0.4, 0.5) is 0 Å². The van der Waals surface area contributed by atoms with Crippen molar-refractivity contribution < 1.29 is 8.85 Å². The second-order valence-electron chi connectivity index (χ2n) is 8.08. The van der Waals surface area contributed by atoms with E-state index in [9.17, 15) is 0 Å². The maximum absolute atomic E-state index is 5.97. The normalized spacial score (nSPS) is 12.6. The molecule has 27 heavy (non-hydrogen) atoms. The highest BCUT2D eigenvalue weighted by atomic mass is 28.4. The van der Waals surface area contributed by atoms with Gasteiger partial charge in [0.1, 0.15) is 0 Å². The van der Waals surface area contributed by atoms with Gasteiger partial charge in [-0.2, -0.15) is 0 Å². The molecule has 2 nitrogen and oxygen atoms in total. The molecule has 0 atom stereocenters. The summed E-state index contributed by atoms with van der Waals surface area (Å²) in [5.41, 5.74) is 0. The summed E-state index contributed by atoms with van der Waals surface area (Å²) in [6.45, 7) is 10.2. The number of hydrogen-bond donors (Lipinski definition) is 0. The molecule has 0 unspecified atom stereocenters. The van der Waals surface area contributed by atoms with Gasteiger partial charge in [-0.15, -0.1) is 0 Å². The Labute approximate surface area is 172 Å². The molecular formula is C24H48O2Si. The minimum absolute atomic E-state index is 0.691. The van der Waals surface area contributed by atoms with Gasteiger partial charge in [0.25, 0.3) is 0 Å². The van der Waals surface area contributed by atoms with E-state index in [0.717, 1.165) is 0 Å². The van der Waals surface area contributed by atoms with Crippen LogP contribution in [0.25, 0.3) is 0 Å². The summed E-state index contributed by atoms with van der Waals surface area (Å²) < 4.78 is 11.9. The van der Waals surface area contributed by atoms with E-state index in [0.29, 0.717) is 13.2 Å². The molecule has 0 N–H and O–H groups in total. The third-order valence-corrected chi connectivity index (χ3v) is 6.56. The van der Waals surface area contributed by atoms with Crippen LogP contribution in [-0.4, -0.2) is 21.8 Å². The van der Waals surface area contributed by atoms with Crippen LogP contribution in [-0.2, 0) is 8.85 Å². The van der Waals surface area contributed by atoms with Gasteiger partial charge in [-0.05, 0) is 38.8 Å². The first-order valence-corrected chi connectivity index (χ1v) is 14.5. The number of unbranched alkanes of at least 4 members (excludes halogenated alkanes) is 12. The zero-order valence-electron chi connectivity index (χ0n) is 18.9. The van der Waals surface area contributed by atoms with Gasteiger partial charge in [-0.25, -0.2) is 0 Å². The smallest absolute Gasteiger partial charge is 0.332 e. The van der Waals surface area contributed by atoms with Gasteiger partial charge in [-0.1, -0.05) is 102 Å². The third kappa shape index (κ3) is 21.8. The highest BCUT2D eigenvalue weighted by Gasteiger charge is 2.22. The largest absolute Gasteiger partial charge is 0.391 e. The zero-order chi connectivity index (χ0) is 20.1. The van der Waals surface area contributed by atoms with Crippen molar-refractivity contribution >= 4 is 8.56 Å². The molecule has 3 heteroatoms. The standard InChI is InChI=1S/C24H48O2Si/c1-5-7-9-11-13-15-17-19-21-23-25-27(3,4)26-24-22-20-18-16-14-12-10-8-6-2/h19-22H,5-18,23-24H2,1-4H3/b21-19+,22-20+. The average Bonchev–Trinajstić information content (AvgIpc) is 2.64. The van der Waals surface area contributed by atoms with Crippen molar-refractivity contribution in [3.8, 4) is 0 Å². The van der Waals surface area contributed by atoms with Crippen LogP contribution in [0.2, 0.25) is 13.1 Å². The Kier molecular flexibility index (Phi) is 20.1. The van der Waals surface area contributed by atoms with E-state index < -0.39 is 8.56 Å². The van der Waals surface area contributed by atoms with Crippen LogP contribution < -0.4 is 0 Å². The molecular weight excluding hydrogens is 348 g/mol. The first-order chi connectivity index (χ1) is 13.1. The Hall–Kier alpha value is -0.383. The van der Waals surface area contributed by atoms with Gasteiger partial charge in [-0.3, -0.25) is 0 Å². The molecule has 0 saturated carbocycles. The van der Waals surface area contributed by atoms with Gasteiger partial charge in [0.05, 0.1) is 13.2 Å². The Morgan fingerprint density at radius 3 is 1.30 bits per heavy atom. The van der Waals surface area contributed by atoms with E-state index in [-0.39, 0.29) is 0 Å². The van der Waals surface area contributed by atoms with Gasteiger partial charge in [0.2, 0.25) is 0 Å². The number of hydrogen-bond acceptors (Lipinski definition) is 2. The summed E-state index contributed by atoms with van der Waals surface area (Å²) in [6, 6.07) is 0. The predicted octanol–water partition coefficient (Wildman–Crippen LogP) is 8.34. The molecule has 160 valence electrons. The van der Waals surface area contributed by atoms with Crippen LogP contribution in [0.3, 0.4) is 0 Å².